The molecule has 2 rings (SSSR count). The van der Waals surface area contributed by atoms with Gasteiger partial charge in [-0.05, 0) is 29.4 Å². The number of nitrogens with one attached hydrogen (secondary N) is 2. The van der Waals surface area contributed by atoms with Crippen molar-refractivity contribution in [3.8, 4) is 0 Å². The van der Waals surface area contributed by atoms with Gasteiger partial charge in [0.05, 0.1) is 6.04 Å². The minimum atomic E-state index is -0.127. The van der Waals surface area contributed by atoms with E-state index in [1.807, 2.05) is 12.1 Å². The molecule has 4 nitrogen and oxygen atoms in total. The van der Waals surface area contributed by atoms with Crippen LogP contribution in [0.4, 0.5) is 0 Å². The summed E-state index contributed by atoms with van der Waals surface area (Å²) in [4.78, 5) is 12.3. The van der Waals surface area contributed by atoms with Gasteiger partial charge in [0.1, 0.15) is 0 Å². The van der Waals surface area contributed by atoms with Crippen molar-refractivity contribution in [2.45, 2.75) is 39.3 Å². The number of carbonyl (C=O) groups excluding carboxylic acids is 1. The van der Waals surface area contributed by atoms with Crippen LogP contribution in [0.2, 0.25) is 0 Å². The molecule has 0 aliphatic carbocycles. The highest BCUT2D eigenvalue weighted by Crippen LogP contribution is 2.20. The standard InChI is InChI=1S/C17H26N2O2.ClH/c1-17(2,8-9-21-3)12-19-16(20)15-10-13-6-4-5-7-14(13)11-18-15;/h4-7,15,18H,8-12H2,1-3H3,(H,19,20);1H. The van der Waals surface area contributed by atoms with Crippen LogP contribution in [-0.4, -0.2) is 32.2 Å². The molecule has 0 aromatic heterocycles. The molecule has 1 amide bonds. The van der Waals surface area contributed by atoms with Crippen molar-refractivity contribution in [3.63, 3.8) is 0 Å². The summed E-state index contributed by atoms with van der Waals surface area (Å²) in [6, 6.07) is 8.17. The fourth-order valence-electron chi connectivity index (χ4n) is 2.56. The second kappa shape index (κ2) is 8.51. The van der Waals surface area contributed by atoms with Crippen LogP contribution >= 0.6 is 12.4 Å². The molecule has 0 bridgehead atoms. The molecule has 1 aliphatic rings. The smallest absolute Gasteiger partial charge is 0.237 e. The first-order valence-electron chi connectivity index (χ1n) is 7.59. The summed E-state index contributed by atoms with van der Waals surface area (Å²) in [7, 11) is 1.71. The highest BCUT2D eigenvalue weighted by Gasteiger charge is 2.25. The van der Waals surface area contributed by atoms with Gasteiger partial charge < -0.3 is 15.4 Å². The number of fused-ring (bicyclic) bond motifs is 1. The van der Waals surface area contributed by atoms with Gasteiger partial charge in [-0.2, -0.15) is 0 Å². The Hall–Kier alpha value is -1.10. The van der Waals surface area contributed by atoms with E-state index in [1.165, 1.54) is 11.1 Å². The second-order valence-corrected chi connectivity index (χ2v) is 6.53. The molecular weight excluding hydrogens is 300 g/mol. The van der Waals surface area contributed by atoms with Gasteiger partial charge >= 0.3 is 0 Å². The highest BCUT2D eigenvalue weighted by atomic mass is 35.5. The molecule has 124 valence electrons. The topological polar surface area (TPSA) is 50.4 Å². The minimum Gasteiger partial charge on any atom is -0.385 e. The van der Waals surface area contributed by atoms with Gasteiger partial charge in [0.15, 0.2) is 0 Å². The molecule has 0 fully saturated rings. The molecular formula is C17H27ClN2O2. The molecule has 1 aromatic carbocycles. The Morgan fingerprint density at radius 2 is 2.05 bits per heavy atom. The number of hydrogen-bond donors (Lipinski definition) is 2. The molecule has 1 aliphatic heterocycles. The molecule has 1 heterocycles. The summed E-state index contributed by atoms with van der Waals surface area (Å²) in [5.74, 6) is 0.0926. The van der Waals surface area contributed by atoms with Gasteiger partial charge in [0.2, 0.25) is 5.91 Å². The van der Waals surface area contributed by atoms with Gasteiger partial charge in [-0.3, -0.25) is 4.79 Å². The normalized spacial score (nSPS) is 17.3. The van der Waals surface area contributed by atoms with E-state index in [4.69, 9.17) is 4.74 Å². The van der Waals surface area contributed by atoms with Crippen LogP contribution in [0, 0.1) is 5.41 Å². The Kier molecular flexibility index (Phi) is 7.33. The molecule has 0 radical (unpaired) electrons. The van der Waals surface area contributed by atoms with Crippen molar-refractivity contribution in [1.82, 2.24) is 10.6 Å². The number of benzene rings is 1. The predicted molar refractivity (Wildman–Crippen MR) is 91.3 cm³/mol. The van der Waals surface area contributed by atoms with Crippen LogP contribution in [0.1, 0.15) is 31.4 Å². The summed E-state index contributed by atoms with van der Waals surface area (Å²) in [6.07, 6.45) is 1.70. The van der Waals surface area contributed by atoms with Crippen molar-refractivity contribution in [2.75, 3.05) is 20.3 Å². The number of methoxy groups -OCH3 is 1. The fourth-order valence-corrected chi connectivity index (χ4v) is 2.56. The van der Waals surface area contributed by atoms with Gasteiger partial charge in [-0.15, -0.1) is 12.4 Å². The lowest BCUT2D eigenvalue weighted by atomic mass is 9.89. The Labute approximate surface area is 139 Å². The number of carbonyl (C=O) groups is 1. The van der Waals surface area contributed by atoms with E-state index < -0.39 is 0 Å². The number of amides is 1. The van der Waals surface area contributed by atoms with Gasteiger partial charge in [-0.25, -0.2) is 0 Å². The lowest BCUT2D eigenvalue weighted by Crippen LogP contribution is -2.49. The van der Waals surface area contributed by atoms with Crippen LogP contribution < -0.4 is 10.6 Å². The lowest BCUT2D eigenvalue weighted by Gasteiger charge is -2.28. The molecule has 0 saturated carbocycles. The summed E-state index contributed by atoms with van der Waals surface area (Å²) < 4.78 is 5.11. The van der Waals surface area contributed by atoms with E-state index in [0.29, 0.717) is 6.54 Å². The largest absolute Gasteiger partial charge is 0.385 e. The van der Waals surface area contributed by atoms with Gasteiger partial charge in [0.25, 0.3) is 0 Å². The van der Waals surface area contributed by atoms with E-state index in [-0.39, 0.29) is 29.8 Å². The van der Waals surface area contributed by atoms with E-state index in [2.05, 4.69) is 36.6 Å². The third-order valence-electron chi connectivity index (χ3n) is 4.12. The van der Waals surface area contributed by atoms with Crippen LogP contribution in [0.3, 0.4) is 0 Å². The Bertz CT molecular complexity index is 491. The maximum atomic E-state index is 12.3. The summed E-state index contributed by atoms with van der Waals surface area (Å²) in [5, 5.41) is 6.39. The summed E-state index contributed by atoms with van der Waals surface area (Å²) in [5.41, 5.74) is 2.62. The average molecular weight is 327 g/mol. The van der Waals surface area contributed by atoms with Crippen molar-refractivity contribution in [1.29, 1.82) is 0 Å². The van der Waals surface area contributed by atoms with E-state index in [9.17, 15) is 4.79 Å². The van der Waals surface area contributed by atoms with Crippen molar-refractivity contribution < 1.29 is 9.53 Å². The minimum absolute atomic E-state index is 0. The van der Waals surface area contributed by atoms with Crippen LogP contribution in [0.15, 0.2) is 24.3 Å². The molecule has 5 heteroatoms. The number of hydrogen-bond acceptors (Lipinski definition) is 3. The highest BCUT2D eigenvalue weighted by molar-refractivity contribution is 5.85. The molecule has 0 saturated heterocycles. The molecule has 22 heavy (non-hydrogen) atoms. The number of halogens is 1. The zero-order valence-electron chi connectivity index (χ0n) is 13.6. The summed E-state index contributed by atoms with van der Waals surface area (Å²) in [6.45, 7) is 6.46. The van der Waals surface area contributed by atoms with Gasteiger partial charge in [0, 0.05) is 26.8 Å². The first kappa shape index (κ1) is 18.9. The third-order valence-corrected chi connectivity index (χ3v) is 4.12. The SMILES string of the molecule is COCCC(C)(C)CNC(=O)C1Cc2ccccc2CN1.Cl. The molecule has 1 unspecified atom stereocenters. The third kappa shape index (κ3) is 5.27. The van der Waals surface area contributed by atoms with Crippen LogP contribution in [0.25, 0.3) is 0 Å². The number of rotatable bonds is 6. The Balaban J connectivity index is 0.00000242. The second-order valence-electron chi connectivity index (χ2n) is 6.53. The molecule has 2 N–H and O–H groups in total. The Morgan fingerprint density at radius 3 is 2.73 bits per heavy atom. The van der Waals surface area contributed by atoms with E-state index in [1.54, 1.807) is 7.11 Å². The molecule has 1 atom stereocenters. The molecule has 1 aromatic rings. The monoisotopic (exact) mass is 326 g/mol. The zero-order chi connectivity index (χ0) is 15.3. The van der Waals surface area contributed by atoms with Crippen LogP contribution in [0.5, 0.6) is 0 Å². The quantitative estimate of drug-likeness (QED) is 0.843. The predicted octanol–water partition coefficient (Wildman–Crippen LogP) is 2.30. The average Bonchev–Trinajstić information content (AvgIpc) is 2.50. The molecule has 0 spiro atoms. The zero-order valence-corrected chi connectivity index (χ0v) is 14.5. The van der Waals surface area contributed by atoms with Crippen molar-refractivity contribution in [3.05, 3.63) is 35.4 Å². The maximum absolute atomic E-state index is 12.3. The maximum Gasteiger partial charge on any atom is 0.237 e. The van der Waals surface area contributed by atoms with Crippen molar-refractivity contribution in [2.24, 2.45) is 5.41 Å². The van der Waals surface area contributed by atoms with E-state index in [0.717, 1.165) is 26.0 Å². The first-order chi connectivity index (χ1) is 10.0. The van der Waals surface area contributed by atoms with E-state index >= 15 is 0 Å². The Morgan fingerprint density at radius 1 is 1.36 bits per heavy atom. The van der Waals surface area contributed by atoms with Crippen molar-refractivity contribution >= 4 is 18.3 Å². The fraction of sp³-hybridized carbons (Fsp3) is 0.588. The first-order valence-corrected chi connectivity index (χ1v) is 7.59. The van der Waals surface area contributed by atoms with Crippen LogP contribution in [-0.2, 0) is 22.5 Å². The lowest BCUT2D eigenvalue weighted by molar-refractivity contribution is -0.123. The summed E-state index contributed by atoms with van der Waals surface area (Å²) >= 11 is 0. The van der Waals surface area contributed by atoms with Gasteiger partial charge in [-0.1, -0.05) is 38.1 Å². The number of ether oxygens (including phenoxy) is 1.